The zero-order valence-electron chi connectivity index (χ0n) is 11.3. The minimum absolute atomic E-state index is 0.160. The molecule has 0 aliphatic rings. The van der Waals surface area contributed by atoms with Gasteiger partial charge in [0.1, 0.15) is 6.04 Å². The molecule has 102 valence electrons. The number of ether oxygens (including phenoxy) is 2. The number of benzene rings is 1. The molecule has 19 heavy (non-hydrogen) atoms. The van der Waals surface area contributed by atoms with Crippen LogP contribution in [0.2, 0.25) is 0 Å². The summed E-state index contributed by atoms with van der Waals surface area (Å²) in [6.45, 7) is 1.97. The minimum Gasteiger partial charge on any atom is -0.493 e. The van der Waals surface area contributed by atoms with E-state index in [4.69, 9.17) is 15.9 Å². The summed E-state index contributed by atoms with van der Waals surface area (Å²) in [4.78, 5) is 11.7. The van der Waals surface area contributed by atoms with Gasteiger partial charge < -0.3 is 20.1 Å². The van der Waals surface area contributed by atoms with Crippen molar-refractivity contribution >= 4 is 11.6 Å². The lowest BCUT2D eigenvalue weighted by Gasteiger charge is -2.16. The van der Waals surface area contributed by atoms with E-state index in [0.29, 0.717) is 11.5 Å². The molecule has 5 nitrogen and oxygen atoms in total. The third-order valence-electron chi connectivity index (χ3n) is 2.52. The molecule has 0 saturated heterocycles. The Bertz CT molecular complexity index is 480. The number of hydrogen-bond donors (Lipinski definition) is 2. The van der Waals surface area contributed by atoms with Crippen LogP contribution in [-0.4, -0.2) is 32.7 Å². The van der Waals surface area contributed by atoms with Gasteiger partial charge in [0.05, 0.1) is 20.8 Å². The molecule has 0 bridgehead atoms. The van der Waals surface area contributed by atoms with Crippen molar-refractivity contribution in [1.82, 2.24) is 5.32 Å². The van der Waals surface area contributed by atoms with E-state index in [-0.39, 0.29) is 12.5 Å². The number of hydrogen-bond acceptors (Lipinski definition) is 4. The van der Waals surface area contributed by atoms with Gasteiger partial charge in [0.25, 0.3) is 0 Å². The van der Waals surface area contributed by atoms with Gasteiger partial charge in [0.15, 0.2) is 11.5 Å². The molecule has 0 aliphatic carbocycles. The Kier molecular flexibility index (Phi) is 5.55. The molecule has 1 unspecified atom stereocenters. The van der Waals surface area contributed by atoms with Gasteiger partial charge in [-0.1, -0.05) is 5.92 Å². The van der Waals surface area contributed by atoms with Crippen molar-refractivity contribution in [1.29, 1.82) is 0 Å². The van der Waals surface area contributed by atoms with Crippen LogP contribution in [0, 0.1) is 12.3 Å². The first-order valence-corrected chi connectivity index (χ1v) is 5.82. The quantitative estimate of drug-likeness (QED) is 0.758. The lowest BCUT2D eigenvalue weighted by Crippen LogP contribution is -2.37. The van der Waals surface area contributed by atoms with E-state index in [1.165, 1.54) is 0 Å². The second-order valence-corrected chi connectivity index (χ2v) is 3.86. The Morgan fingerprint density at radius 1 is 1.37 bits per heavy atom. The molecule has 1 aromatic carbocycles. The number of methoxy groups -OCH3 is 2. The first kappa shape index (κ1) is 14.7. The Labute approximate surface area is 113 Å². The molecule has 1 rings (SSSR count). The number of terminal acetylenes is 1. The molecule has 1 amide bonds. The van der Waals surface area contributed by atoms with E-state index in [9.17, 15) is 4.79 Å². The Balaban J connectivity index is 2.72. The molecule has 0 fully saturated rings. The fourth-order valence-electron chi connectivity index (χ4n) is 1.53. The van der Waals surface area contributed by atoms with Crippen LogP contribution < -0.4 is 20.1 Å². The Morgan fingerprint density at radius 3 is 2.63 bits per heavy atom. The van der Waals surface area contributed by atoms with E-state index in [1.807, 2.05) is 6.07 Å². The van der Waals surface area contributed by atoms with Crippen LogP contribution in [0.15, 0.2) is 18.2 Å². The monoisotopic (exact) mass is 262 g/mol. The van der Waals surface area contributed by atoms with Crippen LogP contribution in [0.25, 0.3) is 0 Å². The van der Waals surface area contributed by atoms with Crippen LogP contribution in [0.4, 0.5) is 5.69 Å². The fourth-order valence-corrected chi connectivity index (χ4v) is 1.53. The molecule has 0 radical (unpaired) electrons. The highest BCUT2D eigenvalue weighted by Gasteiger charge is 2.12. The summed E-state index contributed by atoms with van der Waals surface area (Å²) in [6.07, 6.45) is 5.08. The summed E-state index contributed by atoms with van der Waals surface area (Å²) in [5.41, 5.74) is 0.765. The molecule has 0 saturated carbocycles. The smallest absolute Gasteiger partial charge is 0.242 e. The molecule has 1 aromatic rings. The van der Waals surface area contributed by atoms with Crippen LogP contribution in [0.5, 0.6) is 11.5 Å². The molecule has 0 aliphatic heterocycles. The first-order valence-electron chi connectivity index (χ1n) is 5.82. The average Bonchev–Trinajstić information content (AvgIpc) is 2.44. The maximum atomic E-state index is 11.7. The number of rotatable bonds is 6. The highest BCUT2D eigenvalue weighted by atomic mass is 16.5. The second-order valence-electron chi connectivity index (χ2n) is 3.86. The maximum absolute atomic E-state index is 11.7. The first-order chi connectivity index (χ1) is 9.12. The summed E-state index contributed by atoms with van der Waals surface area (Å²) < 4.78 is 10.3. The second kappa shape index (κ2) is 7.17. The lowest BCUT2D eigenvalue weighted by molar-refractivity contribution is -0.121. The van der Waals surface area contributed by atoms with Crippen LogP contribution in [0.3, 0.4) is 0 Å². The Hall–Kier alpha value is -2.35. The van der Waals surface area contributed by atoms with Crippen molar-refractivity contribution in [3.8, 4) is 23.8 Å². The van der Waals surface area contributed by atoms with Gasteiger partial charge in [-0.25, -0.2) is 0 Å². The van der Waals surface area contributed by atoms with Crippen molar-refractivity contribution in [2.75, 3.05) is 26.1 Å². The van der Waals surface area contributed by atoms with Gasteiger partial charge in [-0.15, -0.1) is 6.42 Å². The van der Waals surface area contributed by atoms with Crippen LogP contribution >= 0.6 is 0 Å². The molecular weight excluding hydrogens is 244 g/mol. The zero-order chi connectivity index (χ0) is 14.3. The Morgan fingerprint density at radius 2 is 2.05 bits per heavy atom. The summed E-state index contributed by atoms with van der Waals surface area (Å²) in [7, 11) is 3.13. The van der Waals surface area contributed by atoms with E-state index in [0.717, 1.165) is 5.69 Å². The van der Waals surface area contributed by atoms with Gasteiger partial charge >= 0.3 is 0 Å². The third kappa shape index (κ3) is 4.11. The van der Waals surface area contributed by atoms with Crippen LogP contribution in [-0.2, 0) is 4.79 Å². The largest absolute Gasteiger partial charge is 0.493 e. The molecule has 5 heteroatoms. The average molecular weight is 262 g/mol. The summed E-state index contributed by atoms with van der Waals surface area (Å²) in [6, 6.07) is 4.95. The normalized spacial score (nSPS) is 11.1. The van der Waals surface area contributed by atoms with Gasteiger partial charge in [-0.05, 0) is 19.1 Å². The highest BCUT2D eigenvalue weighted by molar-refractivity contribution is 5.84. The number of anilines is 1. The topological polar surface area (TPSA) is 59.6 Å². The van der Waals surface area contributed by atoms with E-state index in [2.05, 4.69) is 16.6 Å². The highest BCUT2D eigenvalue weighted by Crippen LogP contribution is 2.29. The van der Waals surface area contributed by atoms with Crippen LogP contribution in [0.1, 0.15) is 6.92 Å². The number of nitrogens with one attached hydrogen (secondary N) is 2. The lowest BCUT2D eigenvalue weighted by atomic mass is 10.2. The molecular formula is C14H18N2O3. The number of carbonyl (C=O) groups is 1. The zero-order valence-corrected chi connectivity index (χ0v) is 11.3. The van der Waals surface area contributed by atoms with Crippen molar-refractivity contribution in [3.63, 3.8) is 0 Å². The van der Waals surface area contributed by atoms with Crippen molar-refractivity contribution < 1.29 is 14.3 Å². The van der Waals surface area contributed by atoms with Gasteiger partial charge in [-0.2, -0.15) is 0 Å². The molecule has 0 heterocycles. The van der Waals surface area contributed by atoms with Gasteiger partial charge in [-0.3, -0.25) is 4.79 Å². The molecule has 2 N–H and O–H groups in total. The third-order valence-corrected chi connectivity index (χ3v) is 2.52. The molecule has 1 atom stereocenters. The number of carbonyl (C=O) groups excluding carboxylic acids is 1. The molecule has 0 spiro atoms. The maximum Gasteiger partial charge on any atom is 0.242 e. The summed E-state index contributed by atoms with van der Waals surface area (Å²) in [5, 5.41) is 5.67. The molecule has 0 aromatic heterocycles. The van der Waals surface area contributed by atoms with E-state index >= 15 is 0 Å². The SMILES string of the molecule is C#CCNC(=O)C(C)Nc1ccc(OC)c(OC)c1. The standard InChI is InChI=1S/C14H18N2O3/c1-5-8-15-14(17)10(2)16-11-6-7-12(18-3)13(9-11)19-4/h1,6-7,9-10,16H,8H2,2-4H3,(H,15,17). The number of amides is 1. The van der Waals surface area contributed by atoms with Gasteiger partial charge in [0, 0.05) is 11.8 Å². The van der Waals surface area contributed by atoms with E-state index in [1.54, 1.807) is 33.3 Å². The van der Waals surface area contributed by atoms with Crippen molar-refractivity contribution in [3.05, 3.63) is 18.2 Å². The van der Waals surface area contributed by atoms with E-state index < -0.39 is 6.04 Å². The van der Waals surface area contributed by atoms with Gasteiger partial charge in [0.2, 0.25) is 5.91 Å². The summed E-state index contributed by atoms with van der Waals surface area (Å²) >= 11 is 0. The van der Waals surface area contributed by atoms with Crippen molar-refractivity contribution in [2.45, 2.75) is 13.0 Å². The van der Waals surface area contributed by atoms with Crippen molar-refractivity contribution in [2.24, 2.45) is 0 Å². The predicted octanol–water partition coefficient (Wildman–Crippen LogP) is 1.25. The minimum atomic E-state index is -0.397. The predicted molar refractivity (Wildman–Crippen MR) is 74.5 cm³/mol. The fraction of sp³-hybridized carbons (Fsp3) is 0.357. The summed E-state index contributed by atoms with van der Waals surface area (Å²) in [5.74, 6) is 3.43.